The zero-order valence-electron chi connectivity index (χ0n) is 9.45. The lowest BCUT2D eigenvalue weighted by Gasteiger charge is -2.08. The normalized spacial score (nSPS) is 10.1. The van der Waals surface area contributed by atoms with E-state index in [1.165, 1.54) is 18.2 Å². The molecule has 1 aromatic heterocycles. The van der Waals surface area contributed by atoms with Crippen LogP contribution in [0, 0.1) is 5.82 Å². The van der Waals surface area contributed by atoms with Crippen molar-refractivity contribution < 1.29 is 9.18 Å². The molecule has 0 aliphatic carbocycles. The summed E-state index contributed by atoms with van der Waals surface area (Å²) >= 11 is 6.43. The number of benzene rings is 1. The summed E-state index contributed by atoms with van der Waals surface area (Å²) in [5, 5.41) is 5.15. The molecule has 1 heterocycles. The van der Waals surface area contributed by atoms with Crippen LogP contribution in [0.15, 0.2) is 45.6 Å². The number of urea groups is 1. The number of hydrogen-bond donors (Lipinski definition) is 2. The summed E-state index contributed by atoms with van der Waals surface area (Å²) in [6.45, 7) is 0. The minimum absolute atomic E-state index is 0.379. The first-order valence-electron chi connectivity index (χ1n) is 5.19. The molecule has 2 rings (SSSR count). The van der Waals surface area contributed by atoms with E-state index in [9.17, 15) is 9.18 Å². The van der Waals surface area contributed by atoms with E-state index < -0.39 is 11.8 Å². The highest BCUT2D eigenvalue weighted by Crippen LogP contribution is 2.19. The van der Waals surface area contributed by atoms with Crippen molar-refractivity contribution in [1.29, 1.82) is 0 Å². The Balaban J connectivity index is 2.05. The molecule has 4 nitrogen and oxygen atoms in total. The van der Waals surface area contributed by atoms with Gasteiger partial charge in [0.05, 0.1) is 0 Å². The molecule has 0 aliphatic heterocycles. The van der Waals surface area contributed by atoms with Gasteiger partial charge in [-0.2, -0.15) is 0 Å². The first-order valence-corrected chi connectivity index (χ1v) is 6.78. The van der Waals surface area contributed by atoms with E-state index >= 15 is 0 Å². The zero-order chi connectivity index (χ0) is 13.8. The van der Waals surface area contributed by atoms with Gasteiger partial charge in [-0.15, -0.1) is 0 Å². The molecule has 2 N–H and O–H groups in total. The van der Waals surface area contributed by atoms with Crippen LogP contribution in [0.1, 0.15) is 0 Å². The maximum absolute atomic E-state index is 13.0. The molecule has 0 spiro atoms. The van der Waals surface area contributed by atoms with E-state index in [2.05, 4.69) is 47.5 Å². The van der Waals surface area contributed by atoms with Gasteiger partial charge >= 0.3 is 6.03 Å². The second kappa shape index (κ2) is 6.12. The van der Waals surface area contributed by atoms with Gasteiger partial charge in [0.2, 0.25) is 0 Å². The Bertz CT molecular complexity index is 601. The highest BCUT2D eigenvalue weighted by molar-refractivity contribution is 9.11. The third-order valence-corrected chi connectivity index (χ3v) is 2.92. The highest BCUT2D eigenvalue weighted by atomic mass is 79.9. The fraction of sp³-hybridized carbons (Fsp3) is 0. The number of halogens is 3. The van der Waals surface area contributed by atoms with E-state index in [0.717, 1.165) is 0 Å². The van der Waals surface area contributed by atoms with Crippen LogP contribution in [0.3, 0.4) is 0 Å². The minimum atomic E-state index is -0.462. The summed E-state index contributed by atoms with van der Waals surface area (Å²) in [6, 6.07) is 8.49. The van der Waals surface area contributed by atoms with Crippen molar-refractivity contribution in [2.24, 2.45) is 0 Å². The largest absolute Gasteiger partial charge is 0.323 e. The van der Waals surface area contributed by atoms with Crippen LogP contribution >= 0.6 is 31.9 Å². The van der Waals surface area contributed by atoms with Crippen LogP contribution in [-0.2, 0) is 0 Å². The SMILES string of the molecule is O=C(Nc1cccc(F)c1)Nc1cc(Br)nc(Br)c1. The molecule has 1 aromatic carbocycles. The van der Waals surface area contributed by atoms with E-state index in [4.69, 9.17) is 0 Å². The number of carbonyl (C=O) groups excluding carboxylic acids is 1. The summed E-state index contributed by atoms with van der Waals surface area (Å²) in [5.41, 5.74) is 0.937. The lowest BCUT2D eigenvalue weighted by molar-refractivity contribution is 0.262. The van der Waals surface area contributed by atoms with Gasteiger partial charge in [-0.1, -0.05) is 6.07 Å². The number of nitrogens with zero attached hydrogens (tertiary/aromatic N) is 1. The predicted octanol–water partition coefficient (Wildman–Crippen LogP) is 4.39. The first kappa shape index (κ1) is 14.0. The molecule has 0 aliphatic rings. The number of nitrogens with one attached hydrogen (secondary N) is 2. The Morgan fingerprint density at radius 3 is 2.32 bits per heavy atom. The summed E-state index contributed by atoms with van der Waals surface area (Å²) < 4.78 is 14.1. The summed E-state index contributed by atoms with van der Waals surface area (Å²) in [6.07, 6.45) is 0. The number of carbonyl (C=O) groups is 1. The van der Waals surface area contributed by atoms with Crippen molar-refractivity contribution in [2.45, 2.75) is 0 Å². The van der Waals surface area contributed by atoms with Crippen molar-refractivity contribution in [2.75, 3.05) is 10.6 Å². The maximum atomic E-state index is 13.0. The molecule has 0 fully saturated rings. The summed E-state index contributed by atoms with van der Waals surface area (Å²) in [7, 11) is 0. The quantitative estimate of drug-likeness (QED) is 0.749. The molecule has 2 amide bonds. The Hall–Kier alpha value is -1.47. The summed E-state index contributed by atoms with van der Waals surface area (Å²) in [5.74, 6) is -0.410. The van der Waals surface area contributed by atoms with Gasteiger partial charge in [0.1, 0.15) is 15.0 Å². The molecule has 2 aromatic rings. The average Bonchev–Trinajstić information content (AvgIpc) is 2.26. The van der Waals surface area contributed by atoms with Gasteiger partial charge in [0, 0.05) is 11.4 Å². The van der Waals surface area contributed by atoms with E-state index in [-0.39, 0.29) is 0 Å². The molecule has 98 valence electrons. The third-order valence-electron chi connectivity index (χ3n) is 2.10. The fourth-order valence-corrected chi connectivity index (χ4v) is 2.51. The van der Waals surface area contributed by atoms with Crippen LogP contribution < -0.4 is 10.6 Å². The predicted molar refractivity (Wildman–Crippen MR) is 78.7 cm³/mol. The first-order chi connectivity index (χ1) is 9.02. The molecule has 0 saturated heterocycles. The van der Waals surface area contributed by atoms with Crippen molar-refractivity contribution in [3.63, 3.8) is 0 Å². The molecule has 0 atom stereocenters. The van der Waals surface area contributed by atoms with Gasteiger partial charge < -0.3 is 10.6 Å². The molecule has 19 heavy (non-hydrogen) atoms. The maximum Gasteiger partial charge on any atom is 0.323 e. The van der Waals surface area contributed by atoms with Crippen LogP contribution in [0.2, 0.25) is 0 Å². The van der Waals surface area contributed by atoms with Gasteiger partial charge in [-0.25, -0.2) is 14.2 Å². The standard InChI is InChI=1S/C12H8Br2FN3O/c13-10-5-9(6-11(14)18-10)17-12(19)16-8-3-1-2-7(15)4-8/h1-6H,(H2,16,17,18,19). The van der Waals surface area contributed by atoms with Crippen LogP contribution in [0.4, 0.5) is 20.6 Å². The van der Waals surface area contributed by atoms with Gasteiger partial charge in [-0.05, 0) is 62.2 Å². The van der Waals surface area contributed by atoms with Crippen LogP contribution in [-0.4, -0.2) is 11.0 Å². The molecule has 0 bridgehead atoms. The van der Waals surface area contributed by atoms with E-state index in [0.29, 0.717) is 20.6 Å². The second-order valence-electron chi connectivity index (χ2n) is 3.59. The molecule has 0 saturated carbocycles. The van der Waals surface area contributed by atoms with Gasteiger partial charge in [-0.3, -0.25) is 0 Å². The average molecular weight is 389 g/mol. The van der Waals surface area contributed by atoms with Crippen molar-refractivity contribution >= 4 is 49.3 Å². The van der Waals surface area contributed by atoms with Crippen LogP contribution in [0.25, 0.3) is 0 Å². The smallest absolute Gasteiger partial charge is 0.308 e. The number of hydrogen-bond acceptors (Lipinski definition) is 2. The number of rotatable bonds is 2. The molecule has 0 unspecified atom stereocenters. The number of amides is 2. The second-order valence-corrected chi connectivity index (χ2v) is 5.22. The Morgan fingerprint density at radius 1 is 1.05 bits per heavy atom. The fourth-order valence-electron chi connectivity index (χ4n) is 1.40. The molecular formula is C12H8Br2FN3O. The number of pyridine rings is 1. The van der Waals surface area contributed by atoms with Gasteiger partial charge in [0.25, 0.3) is 0 Å². The molecule has 0 radical (unpaired) electrons. The monoisotopic (exact) mass is 387 g/mol. The number of anilines is 2. The van der Waals surface area contributed by atoms with Crippen LogP contribution in [0.5, 0.6) is 0 Å². The van der Waals surface area contributed by atoms with Crippen molar-refractivity contribution in [3.05, 3.63) is 51.4 Å². The lowest BCUT2D eigenvalue weighted by Crippen LogP contribution is -2.19. The zero-order valence-corrected chi connectivity index (χ0v) is 12.6. The highest BCUT2D eigenvalue weighted by Gasteiger charge is 2.05. The topological polar surface area (TPSA) is 54.0 Å². The molecule has 7 heteroatoms. The lowest BCUT2D eigenvalue weighted by atomic mass is 10.3. The molecular weight excluding hydrogens is 381 g/mol. The number of aromatic nitrogens is 1. The Kier molecular flexibility index (Phi) is 4.49. The third kappa shape index (κ3) is 4.29. The minimum Gasteiger partial charge on any atom is -0.308 e. The van der Waals surface area contributed by atoms with Crippen molar-refractivity contribution in [3.8, 4) is 0 Å². The van der Waals surface area contributed by atoms with E-state index in [1.807, 2.05) is 0 Å². The summed E-state index contributed by atoms with van der Waals surface area (Å²) in [4.78, 5) is 15.8. The van der Waals surface area contributed by atoms with Gasteiger partial charge in [0.15, 0.2) is 0 Å². The Morgan fingerprint density at radius 2 is 1.68 bits per heavy atom. The Labute approximate surface area is 125 Å². The van der Waals surface area contributed by atoms with E-state index in [1.54, 1.807) is 18.2 Å². The van der Waals surface area contributed by atoms with Crippen molar-refractivity contribution in [1.82, 2.24) is 4.98 Å².